The average Bonchev–Trinajstić information content (AvgIpc) is 2.40. The zero-order chi connectivity index (χ0) is 14.0. The number of carbonyl (C=O) groups is 1. The van der Waals surface area contributed by atoms with Gasteiger partial charge in [0.1, 0.15) is 11.1 Å². The van der Waals surface area contributed by atoms with E-state index in [0.29, 0.717) is 15.7 Å². The van der Waals surface area contributed by atoms with E-state index in [1.165, 1.54) is 12.1 Å². The smallest absolute Gasteiger partial charge is 0.299 e. The van der Waals surface area contributed by atoms with Gasteiger partial charge in [0.25, 0.3) is 0 Å². The van der Waals surface area contributed by atoms with E-state index in [1.807, 2.05) is 0 Å². The average molecular weight is 346 g/mol. The number of nitrogens with zero attached hydrogens (tertiary/aromatic N) is 1. The van der Waals surface area contributed by atoms with Crippen molar-refractivity contribution >= 4 is 44.6 Å². The summed E-state index contributed by atoms with van der Waals surface area (Å²) >= 11 is 4.48. The van der Waals surface area contributed by atoms with Crippen LogP contribution in [0.4, 0.5) is 4.39 Å². The number of rotatable bonds is 3. The van der Waals surface area contributed by atoms with Gasteiger partial charge in [-0.3, -0.25) is 4.89 Å². The number of halogens is 2. The van der Waals surface area contributed by atoms with Gasteiger partial charge in [-0.15, -0.1) is 11.8 Å². The Morgan fingerprint density at radius 3 is 2.89 bits per heavy atom. The van der Waals surface area contributed by atoms with Gasteiger partial charge in [-0.1, -0.05) is 0 Å². The molecule has 2 rings (SSSR count). The van der Waals surface area contributed by atoms with E-state index in [0.717, 1.165) is 17.1 Å². The monoisotopic (exact) mass is 345 g/mol. The molecule has 7 heteroatoms. The summed E-state index contributed by atoms with van der Waals surface area (Å²) in [4.78, 5) is 19.5. The molecule has 0 saturated carbocycles. The third-order valence-electron chi connectivity index (χ3n) is 2.55. The topological polar surface area (TPSA) is 59.4 Å². The standard InChI is InChI=1S/C12H9BrFNO3S/c1-19-11(12(16)18-17)10-8(13)4-6-2-3-7(14)5-9(6)15-10/h2-5,11,17H,1H3. The van der Waals surface area contributed by atoms with Crippen LogP contribution in [0.25, 0.3) is 10.9 Å². The first-order chi connectivity index (χ1) is 9.06. The highest BCUT2D eigenvalue weighted by atomic mass is 79.9. The fourth-order valence-corrected chi connectivity index (χ4v) is 3.03. The van der Waals surface area contributed by atoms with Crippen LogP contribution in [0.3, 0.4) is 0 Å². The Labute approximate surface area is 121 Å². The van der Waals surface area contributed by atoms with Gasteiger partial charge in [-0.25, -0.2) is 14.2 Å². The van der Waals surface area contributed by atoms with Crippen molar-refractivity contribution in [2.45, 2.75) is 5.25 Å². The Kier molecular flexibility index (Phi) is 4.38. The highest BCUT2D eigenvalue weighted by Gasteiger charge is 2.25. The molecular weight excluding hydrogens is 337 g/mol. The molecule has 0 amide bonds. The minimum Gasteiger partial charge on any atom is -0.299 e. The Morgan fingerprint density at radius 1 is 1.53 bits per heavy atom. The van der Waals surface area contributed by atoms with Crippen molar-refractivity contribution in [3.8, 4) is 0 Å². The van der Waals surface area contributed by atoms with Gasteiger partial charge in [-0.2, -0.15) is 5.26 Å². The number of carbonyl (C=O) groups excluding carboxylic acids is 1. The van der Waals surface area contributed by atoms with Gasteiger partial charge >= 0.3 is 5.97 Å². The first kappa shape index (κ1) is 14.2. The second-order valence-corrected chi connectivity index (χ2v) is 5.52. The zero-order valence-electron chi connectivity index (χ0n) is 9.76. The van der Waals surface area contributed by atoms with E-state index >= 15 is 0 Å². The van der Waals surface area contributed by atoms with E-state index in [2.05, 4.69) is 25.8 Å². The SMILES string of the molecule is CSC(C(=O)OO)c1nc2cc(F)ccc2cc1Br. The number of hydrogen-bond acceptors (Lipinski definition) is 5. The van der Waals surface area contributed by atoms with Crippen molar-refractivity contribution in [1.82, 2.24) is 4.98 Å². The molecule has 1 heterocycles. The van der Waals surface area contributed by atoms with E-state index in [9.17, 15) is 9.18 Å². The molecule has 0 spiro atoms. The summed E-state index contributed by atoms with van der Waals surface area (Å²) in [6.45, 7) is 0. The quantitative estimate of drug-likeness (QED) is 0.680. The van der Waals surface area contributed by atoms with Crippen molar-refractivity contribution in [1.29, 1.82) is 0 Å². The lowest BCUT2D eigenvalue weighted by molar-refractivity contribution is -0.233. The van der Waals surface area contributed by atoms with E-state index in [-0.39, 0.29) is 0 Å². The van der Waals surface area contributed by atoms with Crippen LogP contribution in [0.15, 0.2) is 28.7 Å². The Balaban J connectivity index is 2.59. The summed E-state index contributed by atoms with van der Waals surface area (Å²) in [5.74, 6) is -1.23. The minimum atomic E-state index is -0.823. The second kappa shape index (κ2) is 5.85. The lowest BCUT2D eigenvalue weighted by Crippen LogP contribution is -2.13. The number of fused-ring (bicyclic) bond motifs is 1. The normalized spacial score (nSPS) is 12.4. The van der Waals surface area contributed by atoms with E-state index in [4.69, 9.17) is 5.26 Å². The van der Waals surface area contributed by atoms with Crippen LogP contribution in [0.2, 0.25) is 0 Å². The highest BCUT2D eigenvalue weighted by Crippen LogP contribution is 2.33. The van der Waals surface area contributed by atoms with Crippen molar-refractivity contribution in [3.63, 3.8) is 0 Å². The van der Waals surface area contributed by atoms with Crippen LogP contribution in [0.1, 0.15) is 10.9 Å². The molecule has 0 aliphatic rings. The number of aromatic nitrogens is 1. The van der Waals surface area contributed by atoms with Crippen molar-refractivity contribution < 1.29 is 19.3 Å². The Morgan fingerprint density at radius 2 is 2.26 bits per heavy atom. The molecule has 0 aliphatic carbocycles. The summed E-state index contributed by atoms with van der Waals surface area (Å²) in [7, 11) is 0. The fraction of sp³-hybridized carbons (Fsp3) is 0.167. The molecule has 19 heavy (non-hydrogen) atoms. The van der Waals surface area contributed by atoms with Gasteiger partial charge in [-0.05, 0) is 40.4 Å². The van der Waals surface area contributed by atoms with Crippen LogP contribution >= 0.6 is 27.7 Å². The lowest BCUT2D eigenvalue weighted by Gasteiger charge is -2.13. The van der Waals surface area contributed by atoms with Crippen LogP contribution < -0.4 is 0 Å². The molecule has 0 bridgehead atoms. The molecule has 0 fully saturated rings. The Hall–Kier alpha value is -1.18. The predicted molar refractivity (Wildman–Crippen MR) is 74.4 cm³/mol. The number of thioether (sulfide) groups is 1. The van der Waals surface area contributed by atoms with Crippen LogP contribution in [0.5, 0.6) is 0 Å². The first-order valence-corrected chi connectivity index (χ1v) is 7.28. The van der Waals surface area contributed by atoms with Crippen molar-refractivity contribution in [3.05, 3.63) is 40.2 Å². The molecule has 1 N–H and O–H groups in total. The molecule has 0 saturated heterocycles. The molecule has 1 aromatic heterocycles. The molecule has 1 atom stereocenters. The summed E-state index contributed by atoms with van der Waals surface area (Å²) < 4.78 is 13.8. The van der Waals surface area contributed by atoms with E-state index in [1.54, 1.807) is 18.4 Å². The van der Waals surface area contributed by atoms with Crippen molar-refractivity contribution in [2.75, 3.05) is 6.26 Å². The maximum atomic E-state index is 13.2. The maximum Gasteiger partial charge on any atom is 0.360 e. The van der Waals surface area contributed by atoms with Crippen LogP contribution in [-0.2, 0) is 9.68 Å². The van der Waals surface area contributed by atoms with Gasteiger partial charge in [0, 0.05) is 15.9 Å². The molecule has 0 radical (unpaired) electrons. The zero-order valence-corrected chi connectivity index (χ0v) is 12.2. The molecule has 2 aromatic rings. The number of benzene rings is 1. The summed E-state index contributed by atoms with van der Waals surface area (Å²) in [6.07, 6.45) is 1.69. The number of hydrogen-bond donors (Lipinski definition) is 1. The minimum absolute atomic E-state index is 0.379. The van der Waals surface area contributed by atoms with E-state index < -0.39 is 17.0 Å². The first-order valence-electron chi connectivity index (χ1n) is 5.20. The Bertz CT molecular complexity index is 638. The number of pyridine rings is 1. The molecule has 100 valence electrons. The maximum absolute atomic E-state index is 13.2. The second-order valence-electron chi connectivity index (χ2n) is 3.72. The molecule has 1 aromatic carbocycles. The summed E-state index contributed by atoms with van der Waals surface area (Å²) in [5.41, 5.74) is 0.813. The molecular formula is C12H9BrFNO3S. The highest BCUT2D eigenvalue weighted by molar-refractivity contribution is 9.10. The van der Waals surface area contributed by atoms with Gasteiger partial charge < -0.3 is 0 Å². The lowest BCUT2D eigenvalue weighted by atomic mass is 10.1. The van der Waals surface area contributed by atoms with Gasteiger partial charge in [0.05, 0.1) is 11.2 Å². The fourth-order valence-electron chi connectivity index (χ4n) is 1.68. The summed E-state index contributed by atoms with van der Waals surface area (Å²) in [5, 5.41) is 8.44. The molecule has 1 unspecified atom stereocenters. The van der Waals surface area contributed by atoms with Gasteiger partial charge in [0.2, 0.25) is 0 Å². The summed E-state index contributed by atoms with van der Waals surface area (Å²) in [6, 6.07) is 5.97. The largest absolute Gasteiger partial charge is 0.360 e. The molecule has 4 nitrogen and oxygen atoms in total. The molecule has 0 aliphatic heterocycles. The third kappa shape index (κ3) is 2.88. The van der Waals surface area contributed by atoms with Crippen molar-refractivity contribution in [2.24, 2.45) is 0 Å². The van der Waals surface area contributed by atoms with Gasteiger partial charge in [0.15, 0.2) is 0 Å². The predicted octanol–water partition coefficient (Wildman–Crippen LogP) is 3.56. The van der Waals surface area contributed by atoms with Crippen LogP contribution in [-0.4, -0.2) is 22.5 Å². The third-order valence-corrected chi connectivity index (χ3v) is 4.07. The van der Waals surface area contributed by atoms with Crippen LogP contribution in [0, 0.1) is 5.82 Å².